The topological polar surface area (TPSA) is 244 Å². The van der Waals surface area contributed by atoms with E-state index in [9.17, 15) is 49.3 Å². The van der Waals surface area contributed by atoms with Gasteiger partial charge in [-0.1, -0.05) is 46.8 Å². The summed E-state index contributed by atoms with van der Waals surface area (Å²) >= 11 is 0. The fourth-order valence-electron chi connectivity index (χ4n) is 10.9. The lowest BCUT2D eigenvalue weighted by molar-refractivity contribution is -0.301. The molecule has 0 bridgehead atoms. The zero-order valence-corrected chi connectivity index (χ0v) is 29.8. The van der Waals surface area contributed by atoms with Crippen LogP contribution in [0, 0.1) is 52.3 Å². The Kier molecular flexibility index (Phi) is 11.4. The van der Waals surface area contributed by atoms with E-state index in [0.717, 1.165) is 0 Å². The molecule has 284 valence electrons. The summed E-state index contributed by atoms with van der Waals surface area (Å²) in [5.41, 5.74) is -2.44. The molecule has 0 aromatic heterocycles. The zero-order chi connectivity index (χ0) is 36.4. The van der Waals surface area contributed by atoms with Crippen molar-refractivity contribution in [1.29, 1.82) is 0 Å². The third-order valence-electron chi connectivity index (χ3n) is 13.4. The predicted octanol–water partition coefficient (Wildman–Crippen LogP) is 0.142. The van der Waals surface area contributed by atoms with Crippen molar-refractivity contribution in [2.75, 3.05) is 13.2 Å². The van der Waals surface area contributed by atoms with Crippen molar-refractivity contribution in [3.8, 4) is 0 Å². The standard InChI is InChI=1S/C34H58O14S/c1-16(2)18(14-46-31-29(41)27(39)25(37)22(48-31)15-47-49(43,44)45)7-6-17(3)24-26(38)28(40)30-33(24,5)11-9-23-32(4)10-8-19(35)12-20(32)21(36)13-34(23,30)42/h6-7,16-31,35-42H,8-15H2,1-5H3,(H,43,44,45). The van der Waals surface area contributed by atoms with Crippen molar-refractivity contribution >= 4 is 10.4 Å². The summed E-state index contributed by atoms with van der Waals surface area (Å²) < 4.78 is 46.5. The summed E-state index contributed by atoms with van der Waals surface area (Å²) in [5, 5.41) is 88.5. The van der Waals surface area contributed by atoms with Crippen molar-refractivity contribution in [2.45, 2.75) is 134 Å². The van der Waals surface area contributed by atoms with Gasteiger partial charge in [0.25, 0.3) is 0 Å². The lowest BCUT2D eigenvalue weighted by Gasteiger charge is -2.65. The molecule has 0 aromatic rings. The van der Waals surface area contributed by atoms with Gasteiger partial charge >= 0.3 is 10.4 Å². The van der Waals surface area contributed by atoms with Gasteiger partial charge in [0.05, 0.1) is 43.2 Å². The van der Waals surface area contributed by atoms with Crippen LogP contribution in [-0.4, -0.2) is 128 Å². The molecule has 0 radical (unpaired) electrons. The minimum absolute atomic E-state index is 0.000802. The third-order valence-corrected chi connectivity index (χ3v) is 13.9. The monoisotopic (exact) mass is 722 g/mol. The highest BCUT2D eigenvalue weighted by Crippen LogP contribution is 2.69. The van der Waals surface area contributed by atoms with Crippen LogP contribution in [0.2, 0.25) is 0 Å². The first-order valence-corrected chi connectivity index (χ1v) is 19.1. The second-order valence-corrected chi connectivity index (χ2v) is 17.7. The normalized spacial score (nSPS) is 50.1. The van der Waals surface area contributed by atoms with Crippen LogP contribution >= 0.6 is 0 Å². The van der Waals surface area contributed by atoms with E-state index in [1.165, 1.54) is 0 Å². The Morgan fingerprint density at radius 2 is 1.53 bits per heavy atom. The van der Waals surface area contributed by atoms with E-state index in [2.05, 4.69) is 11.1 Å². The molecule has 14 nitrogen and oxygen atoms in total. The van der Waals surface area contributed by atoms with Gasteiger partial charge < -0.3 is 50.3 Å². The van der Waals surface area contributed by atoms with Gasteiger partial charge in [-0.15, -0.1) is 0 Å². The quantitative estimate of drug-likeness (QED) is 0.108. The lowest BCUT2D eigenvalue weighted by atomic mass is 9.42. The molecule has 5 aliphatic rings. The highest BCUT2D eigenvalue weighted by atomic mass is 32.3. The number of rotatable bonds is 10. The van der Waals surface area contributed by atoms with E-state index in [-0.39, 0.29) is 42.6 Å². The maximum atomic E-state index is 12.5. The van der Waals surface area contributed by atoms with Crippen LogP contribution in [0.3, 0.4) is 0 Å². The van der Waals surface area contributed by atoms with Gasteiger partial charge in [-0.25, -0.2) is 4.18 Å². The van der Waals surface area contributed by atoms with Crippen molar-refractivity contribution in [1.82, 2.24) is 0 Å². The summed E-state index contributed by atoms with van der Waals surface area (Å²) in [4.78, 5) is 0. The van der Waals surface area contributed by atoms with Gasteiger partial charge in [0.2, 0.25) is 0 Å². The first-order valence-electron chi connectivity index (χ1n) is 17.7. The molecule has 4 aliphatic carbocycles. The average Bonchev–Trinajstić information content (AvgIpc) is 3.21. The molecule has 0 spiro atoms. The van der Waals surface area contributed by atoms with Gasteiger partial charge in [0.1, 0.15) is 24.4 Å². The molecule has 1 heterocycles. The summed E-state index contributed by atoms with van der Waals surface area (Å²) in [6.45, 7) is 9.18. The van der Waals surface area contributed by atoms with Crippen molar-refractivity contribution in [3.05, 3.63) is 12.2 Å². The van der Waals surface area contributed by atoms with Crippen molar-refractivity contribution in [2.24, 2.45) is 52.3 Å². The second-order valence-electron chi connectivity index (χ2n) is 16.6. The molecule has 9 N–H and O–H groups in total. The Balaban J connectivity index is 1.30. The van der Waals surface area contributed by atoms with Gasteiger partial charge in [-0.05, 0) is 72.5 Å². The van der Waals surface area contributed by atoms with Crippen LogP contribution < -0.4 is 0 Å². The van der Waals surface area contributed by atoms with E-state index >= 15 is 0 Å². The fraction of sp³-hybridized carbons (Fsp3) is 0.941. The first kappa shape index (κ1) is 39.4. The Hall–Kier alpha value is -0.790. The molecule has 18 unspecified atom stereocenters. The number of allylic oxidation sites excluding steroid dienone is 1. The molecule has 1 aliphatic heterocycles. The van der Waals surface area contributed by atoms with Crippen LogP contribution in [-0.2, 0) is 24.1 Å². The molecular weight excluding hydrogens is 664 g/mol. The average molecular weight is 723 g/mol. The SMILES string of the molecule is CC(C)C(C=CC(C)C1C(O)C(O)C2C1(C)CCC1C3(C)CCC(O)CC3C(O)CC12O)COC1OC(COS(=O)(=O)O)C(O)C(O)C1O. The van der Waals surface area contributed by atoms with Gasteiger partial charge in [0.15, 0.2) is 6.29 Å². The minimum atomic E-state index is -4.85. The van der Waals surface area contributed by atoms with E-state index in [0.29, 0.717) is 32.1 Å². The maximum absolute atomic E-state index is 12.5. The van der Waals surface area contributed by atoms with Gasteiger partial charge in [-0.2, -0.15) is 8.42 Å². The molecule has 5 fully saturated rings. The van der Waals surface area contributed by atoms with E-state index < -0.39 is 100 Å². The van der Waals surface area contributed by atoms with Crippen LogP contribution in [0.4, 0.5) is 0 Å². The fourth-order valence-corrected chi connectivity index (χ4v) is 11.2. The summed E-state index contributed by atoms with van der Waals surface area (Å²) in [7, 11) is -4.85. The number of hydrogen-bond donors (Lipinski definition) is 9. The Morgan fingerprint density at radius 3 is 2.16 bits per heavy atom. The lowest BCUT2D eigenvalue weighted by Crippen LogP contribution is -2.68. The number of aliphatic hydroxyl groups is 8. The molecule has 18 atom stereocenters. The molecule has 4 saturated carbocycles. The highest BCUT2D eigenvalue weighted by Gasteiger charge is 2.72. The van der Waals surface area contributed by atoms with Crippen LogP contribution in [0.5, 0.6) is 0 Å². The molecule has 15 heteroatoms. The minimum Gasteiger partial charge on any atom is -0.393 e. The maximum Gasteiger partial charge on any atom is 0.397 e. The first-order chi connectivity index (χ1) is 22.7. The number of fused-ring (bicyclic) bond motifs is 5. The van der Waals surface area contributed by atoms with E-state index in [1.54, 1.807) is 0 Å². The summed E-state index contributed by atoms with van der Waals surface area (Å²) in [5.74, 6) is -1.91. The molecule has 1 saturated heterocycles. The predicted molar refractivity (Wildman–Crippen MR) is 174 cm³/mol. The number of ether oxygens (including phenoxy) is 2. The van der Waals surface area contributed by atoms with Crippen LogP contribution in [0.25, 0.3) is 0 Å². The Morgan fingerprint density at radius 1 is 0.878 bits per heavy atom. The van der Waals surface area contributed by atoms with Gasteiger partial charge in [-0.3, -0.25) is 4.55 Å². The Bertz CT molecular complexity index is 1300. The van der Waals surface area contributed by atoms with Crippen molar-refractivity contribution < 1.29 is 67.5 Å². The molecule has 0 aromatic carbocycles. The van der Waals surface area contributed by atoms with Crippen LogP contribution in [0.1, 0.15) is 73.1 Å². The van der Waals surface area contributed by atoms with Crippen molar-refractivity contribution in [3.63, 3.8) is 0 Å². The smallest absolute Gasteiger partial charge is 0.393 e. The molecular formula is C34H58O14S. The second kappa shape index (κ2) is 14.2. The Labute approximate surface area is 289 Å². The summed E-state index contributed by atoms with van der Waals surface area (Å²) in [6.07, 6.45) is -4.53. The molecule has 49 heavy (non-hydrogen) atoms. The number of aliphatic hydroxyl groups excluding tert-OH is 7. The van der Waals surface area contributed by atoms with E-state index in [1.807, 2.05) is 39.8 Å². The highest BCUT2D eigenvalue weighted by molar-refractivity contribution is 7.80. The largest absolute Gasteiger partial charge is 0.397 e. The third kappa shape index (κ3) is 7.15. The summed E-state index contributed by atoms with van der Waals surface area (Å²) in [6, 6.07) is 0. The zero-order valence-electron chi connectivity index (χ0n) is 29.0. The molecule has 5 rings (SSSR count). The van der Waals surface area contributed by atoms with E-state index in [4.69, 9.17) is 14.0 Å². The molecule has 0 amide bonds. The van der Waals surface area contributed by atoms with Crippen LogP contribution in [0.15, 0.2) is 12.2 Å². The number of hydrogen-bond acceptors (Lipinski definition) is 13. The van der Waals surface area contributed by atoms with Gasteiger partial charge in [0, 0.05) is 18.3 Å².